The summed E-state index contributed by atoms with van der Waals surface area (Å²) in [4.78, 5) is 8.53. The number of amidine groups is 1. The van der Waals surface area contributed by atoms with E-state index in [0.29, 0.717) is 23.3 Å². The molecule has 0 amide bonds. The van der Waals surface area contributed by atoms with E-state index in [1.165, 1.54) is 11.8 Å². The molecule has 2 aromatic rings. The minimum absolute atomic E-state index is 0.0893. The van der Waals surface area contributed by atoms with E-state index in [1.54, 1.807) is 17.2 Å². The van der Waals surface area contributed by atoms with Gasteiger partial charge in [-0.2, -0.15) is 0 Å². The molecule has 0 aliphatic rings. The molecule has 2 heterocycles. The molecule has 2 rings (SSSR count). The highest BCUT2D eigenvalue weighted by Crippen LogP contribution is 2.05. The van der Waals surface area contributed by atoms with Gasteiger partial charge in [-0.3, -0.25) is 10.8 Å². The van der Waals surface area contributed by atoms with Crippen LogP contribution in [0.4, 0.5) is 0 Å². The van der Waals surface area contributed by atoms with E-state index in [-0.39, 0.29) is 5.17 Å². The zero-order chi connectivity index (χ0) is 13.1. The van der Waals surface area contributed by atoms with Crippen LogP contribution in [0.1, 0.15) is 6.92 Å². The molecule has 0 bridgehead atoms. The Labute approximate surface area is 108 Å². The van der Waals surface area contributed by atoms with Gasteiger partial charge in [0.25, 0.3) is 0 Å². The minimum Gasteiger partial charge on any atom is -0.379 e. The van der Waals surface area contributed by atoms with Gasteiger partial charge in [-0.05, 0) is 6.92 Å². The number of rotatable bonds is 4. The van der Waals surface area contributed by atoms with E-state index in [1.807, 2.05) is 11.5 Å². The molecule has 0 atom stereocenters. The molecule has 0 aliphatic heterocycles. The molecule has 0 aliphatic carbocycles. The predicted octanol–water partition coefficient (Wildman–Crippen LogP) is 0.359. The largest absolute Gasteiger partial charge is 0.379 e. The number of aromatic nitrogens is 4. The lowest BCUT2D eigenvalue weighted by Crippen LogP contribution is -2.23. The summed E-state index contributed by atoms with van der Waals surface area (Å²) in [6.07, 6.45) is 3.34. The number of nitrogens with one attached hydrogen (secondary N) is 2. The zero-order valence-electron chi connectivity index (χ0n) is 10.1. The van der Waals surface area contributed by atoms with Crippen LogP contribution < -0.4 is 11.2 Å². The van der Waals surface area contributed by atoms with Crippen molar-refractivity contribution in [2.75, 3.05) is 5.75 Å². The Morgan fingerprint density at radius 1 is 1.39 bits per heavy atom. The Kier molecular flexibility index (Phi) is 3.66. The Balaban J connectivity index is 2.28. The van der Waals surface area contributed by atoms with E-state index in [4.69, 9.17) is 16.6 Å². The summed E-state index contributed by atoms with van der Waals surface area (Å²) >= 11 is 1.25. The zero-order valence-corrected chi connectivity index (χ0v) is 10.9. The topological polar surface area (TPSA) is 109 Å². The van der Waals surface area contributed by atoms with E-state index in [9.17, 15) is 0 Å². The van der Waals surface area contributed by atoms with E-state index in [0.717, 1.165) is 12.2 Å². The van der Waals surface area contributed by atoms with E-state index >= 15 is 0 Å². The van der Waals surface area contributed by atoms with Crippen LogP contribution in [0.2, 0.25) is 0 Å². The molecule has 8 heteroatoms. The lowest BCUT2D eigenvalue weighted by Gasteiger charge is -2.06. The summed E-state index contributed by atoms with van der Waals surface area (Å²) in [6, 6.07) is 0. The molecule has 2 aromatic heterocycles. The summed E-state index contributed by atoms with van der Waals surface area (Å²) in [7, 11) is 0. The minimum atomic E-state index is 0.0893. The maximum absolute atomic E-state index is 8.07. The lowest BCUT2D eigenvalue weighted by molar-refractivity contribution is 0.696. The maximum Gasteiger partial charge on any atom is 0.165 e. The first-order valence-electron chi connectivity index (χ1n) is 5.55. The van der Waals surface area contributed by atoms with Crippen LogP contribution in [-0.2, 0) is 13.1 Å². The average Bonchev–Trinajstić information content (AvgIpc) is 2.75. The highest BCUT2D eigenvalue weighted by Gasteiger charge is 2.06. The summed E-state index contributed by atoms with van der Waals surface area (Å²) in [5.74, 6) is 0.646. The van der Waals surface area contributed by atoms with Gasteiger partial charge in [0, 0.05) is 18.8 Å². The van der Waals surface area contributed by atoms with Gasteiger partial charge in [-0.15, -0.1) is 0 Å². The third-order valence-electron chi connectivity index (χ3n) is 2.57. The SMILES string of the molecule is CCn1cnc2c(=N)n(CCSC(=N)N)cnc21. The quantitative estimate of drug-likeness (QED) is 0.547. The molecule has 0 saturated carbocycles. The average molecular weight is 265 g/mol. The van der Waals surface area contributed by atoms with E-state index < -0.39 is 0 Å². The van der Waals surface area contributed by atoms with Gasteiger partial charge in [0.05, 0.1) is 12.7 Å². The number of nitrogens with two attached hydrogens (primary N) is 1. The van der Waals surface area contributed by atoms with Gasteiger partial charge in [0.2, 0.25) is 0 Å². The fourth-order valence-electron chi connectivity index (χ4n) is 1.65. The van der Waals surface area contributed by atoms with Crippen molar-refractivity contribution in [1.82, 2.24) is 19.1 Å². The predicted molar refractivity (Wildman–Crippen MR) is 71.4 cm³/mol. The monoisotopic (exact) mass is 265 g/mol. The third-order valence-corrected chi connectivity index (χ3v) is 3.27. The number of imidazole rings is 1. The Morgan fingerprint density at radius 2 is 2.11 bits per heavy atom. The standard InChI is InChI=1S/C10H15N7S/c1-2-16-5-14-7-8(11)17(6-15-9(7)16)3-4-18-10(12)13/h5-6,11H,2-4H2,1H3,(H3,12,13). The van der Waals surface area contributed by atoms with Crippen LogP contribution in [-0.4, -0.2) is 30.0 Å². The van der Waals surface area contributed by atoms with Gasteiger partial charge < -0.3 is 14.9 Å². The molecule has 18 heavy (non-hydrogen) atoms. The molecule has 0 radical (unpaired) electrons. The molecule has 0 aromatic carbocycles. The van der Waals surface area contributed by atoms with Gasteiger partial charge in [-0.1, -0.05) is 11.8 Å². The number of nitrogens with zero attached hydrogens (tertiary/aromatic N) is 4. The number of fused-ring (bicyclic) bond motifs is 1. The van der Waals surface area contributed by atoms with Gasteiger partial charge in [0.15, 0.2) is 16.3 Å². The Morgan fingerprint density at radius 3 is 2.78 bits per heavy atom. The summed E-state index contributed by atoms with van der Waals surface area (Å²) in [5, 5.41) is 15.3. The fraction of sp³-hybridized carbons (Fsp3) is 0.400. The third kappa shape index (κ3) is 2.37. The van der Waals surface area contributed by atoms with Crippen molar-refractivity contribution in [3.05, 3.63) is 18.1 Å². The Hall–Kier alpha value is -1.83. The van der Waals surface area contributed by atoms with Gasteiger partial charge in [0.1, 0.15) is 5.52 Å². The van der Waals surface area contributed by atoms with Crippen molar-refractivity contribution in [1.29, 1.82) is 10.8 Å². The second-order valence-electron chi connectivity index (χ2n) is 3.70. The summed E-state index contributed by atoms with van der Waals surface area (Å²) < 4.78 is 3.62. The van der Waals surface area contributed by atoms with Crippen molar-refractivity contribution in [2.45, 2.75) is 20.0 Å². The Bertz CT molecular complexity index is 627. The number of aryl methyl sites for hydroxylation is 2. The molecule has 0 unspecified atom stereocenters. The lowest BCUT2D eigenvalue weighted by atomic mass is 10.5. The van der Waals surface area contributed by atoms with E-state index in [2.05, 4.69) is 9.97 Å². The number of hydrogen-bond acceptors (Lipinski definition) is 5. The van der Waals surface area contributed by atoms with Crippen molar-refractivity contribution in [3.8, 4) is 0 Å². The molecular formula is C10H15N7S. The number of thioether (sulfide) groups is 1. The van der Waals surface area contributed by atoms with Crippen molar-refractivity contribution < 1.29 is 0 Å². The first kappa shape index (κ1) is 12.6. The fourth-order valence-corrected chi connectivity index (χ4v) is 2.16. The number of hydrogen-bond donors (Lipinski definition) is 3. The van der Waals surface area contributed by atoms with Crippen molar-refractivity contribution in [2.24, 2.45) is 5.73 Å². The van der Waals surface area contributed by atoms with Crippen LogP contribution in [0.25, 0.3) is 11.2 Å². The first-order chi connectivity index (χ1) is 8.63. The summed E-state index contributed by atoms with van der Waals surface area (Å²) in [5.41, 5.74) is 6.95. The van der Waals surface area contributed by atoms with Crippen LogP contribution >= 0.6 is 11.8 Å². The maximum atomic E-state index is 8.07. The molecule has 4 N–H and O–H groups in total. The van der Waals surface area contributed by atoms with Crippen LogP contribution in [0.3, 0.4) is 0 Å². The molecule has 0 spiro atoms. The first-order valence-corrected chi connectivity index (χ1v) is 6.53. The van der Waals surface area contributed by atoms with Crippen LogP contribution in [0.15, 0.2) is 12.7 Å². The van der Waals surface area contributed by atoms with Crippen LogP contribution in [0.5, 0.6) is 0 Å². The second kappa shape index (κ2) is 5.21. The summed E-state index contributed by atoms with van der Waals surface area (Å²) in [6.45, 7) is 3.38. The highest BCUT2D eigenvalue weighted by molar-refractivity contribution is 8.13. The van der Waals surface area contributed by atoms with Crippen molar-refractivity contribution in [3.63, 3.8) is 0 Å². The molecule has 0 fully saturated rings. The van der Waals surface area contributed by atoms with Gasteiger partial charge in [-0.25, -0.2) is 9.97 Å². The second-order valence-corrected chi connectivity index (χ2v) is 4.84. The molecule has 0 saturated heterocycles. The molecule has 96 valence electrons. The normalized spacial score (nSPS) is 10.9. The highest BCUT2D eigenvalue weighted by atomic mass is 32.2. The van der Waals surface area contributed by atoms with Crippen LogP contribution in [0, 0.1) is 10.8 Å². The smallest absolute Gasteiger partial charge is 0.165 e. The molecular weight excluding hydrogens is 250 g/mol. The van der Waals surface area contributed by atoms with Gasteiger partial charge >= 0.3 is 0 Å². The van der Waals surface area contributed by atoms with Crippen molar-refractivity contribution >= 4 is 28.1 Å². The molecule has 7 nitrogen and oxygen atoms in total.